The van der Waals surface area contributed by atoms with E-state index in [0.717, 1.165) is 27.4 Å². The predicted molar refractivity (Wildman–Crippen MR) is 72.5 cm³/mol. The van der Waals surface area contributed by atoms with E-state index in [2.05, 4.69) is 23.4 Å². The number of nitrogens with two attached hydrogens (primary N) is 1. The monoisotopic (exact) mass is 251 g/mol. The summed E-state index contributed by atoms with van der Waals surface area (Å²) >= 11 is 6.15. The standard InChI is InChI=1S/C13H18ClN3/c1-8-9(14)5-6-10-11(8)17(4)12(16-10)13(2,3)7-15/h5-6H,7,15H2,1-4H3. The van der Waals surface area contributed by atoms with Gasteiger partial charge in [0.2, 0.25) is 0 Å². The summed E-state index contributed by atoms with van der Waals surface area (Å²) in [6, 6.07) is 3.85. The highest BCUT2D eigenvalue weighted by molar-refractivity contribution is 6.32. The molecule has 92 valence electrons. The Labute approximate surface area is 107 Å². The summed E-state index contributed by atoms with van der Waals surface area (Å²) in [5.74, 6) is 1.00. The van der Waals surface area contributed by atoms with Gasteiger partial charge in [-0.25, -0.2) is 4.98 Å². The van der Waals surface area contributed by atoms with Crippen LogP contribution in [0.4, 0.5) is 0 Å². The second-order valence-corrected chi connectivity index (χ2v) is 5.53. The highest BCUT2D eigenvalue weighted by Gasteiger charge is 2.25. The Bertz CT molecular complexity index is 570. The molecule has 2 rings (SSSR count). The first-order chi connectivity index (χ1) is 7.88. The van der Waals surface area contributed by atoms with Crippen molar-refractivity contribution >= 4 is 22.6 Å². The molecule has 0 aliphatic carbocycles. The van der Waals surface area contributed by atoms with E-state index >= 15 is 0 Å². The molecule has 0 amide bonds. The van der Waals surface area contributed by atoms with Crippen LogP contribution in [0, 0.1) is 6.92 Å². The normalized spacial score (nSPS) is 12.4. The van der Waals surface area contributed by atoms with Crippen LogP contribution in [0.2, 0.25) is 5.02 Å². The molecule has 2 aromatic rings. The molecule has 3 nitrogen and oxygen atoms in total. The maximum Gasteiger partial charge on any atom is 0.116 e. The van der Waals surface area contributed by atoms with Crippen LogP contribution >= 0.6 is 11.6 Å². The largest absolute Gasteiger partial charge is 0.330 e. The quantitative estimate of drug-likeness (QED) is 0.892. The van der Waals surface area contributed by atoms with Gasteiger partial charge < -0.3 is 10.3 Å². The number of aromatic nitrogens is 2. The molecule has 1 heterocycles. The fourth-order valence-corrected chi connectivity index (χ4v) is 2.32. The number of hydrogen-bond donors (Lipinski definition) is 1. The molecule has 2 N–H and O–H groups in total. The van der Waals surface area contributed by atoms with Gasteiger partial charge in [-0.1, -0.05) is 25.4 Å². The Morgan fingerprint density at radius 3 is 2.65 bits per heavy atom. The lowest BCUT2D eigenvalue weighted by Gasteiger charge is -2.21. The van der Waals surface area contributed by atoms with Gasteiger partial charge in [-0.2, -0.15) is 0 Å². The van der Waals surface area contributed by atoms with E-state index in [0.29, 0.717) is 6.54 Å². The third kappa shape index (κ3) is 1.83. The summed E-state index contributed by atoms with van der Waals surface area (Å²) in [6.07, 6.45) is 0. The van der Waals surface area contributed by atoms with Gasteiger partial charge in [0.15, 0.2) is 0 Å². The van der Waals surface area contributed by atoms with Gasteiger partial charge >= 0.3 is 0 Å². The topological polar surface area (TPSA) is 43.8 Å². The number of halogens is 1. The van der Waals surface area contributed by atoms with Gasteiger partial charge in [0.25, 0.3) is 0 Å². The molecule has 0 aliphatic heterocycles. The zero-order valence-electron chi connectivity index (χ0n) is 10.7. The van der Waals surface area contributed by atoms with E-state index in [9.17, 15) is 0 Å². The summed E-state index contributed by atoms with van der Waals surface area (Å²) in [4.78, 5) is 4.68. The number of aryl methyl sites for hydroxylation is 2. The van der Waals surface area contributed by atoms with E-state index < -0.39 is 0 Å². The molecule has 1 aromatic heterocycles. The number of fused-ring (bicyclic) bond motifs is 1. The molecule has 0 saturated carbocycles. The van der Waals surface area contributed by atoms with E-state index in [4.69, 9.17) is 17.3 Å². The lowest BCUT2D eigenvalue weighted by Crippen LogP contribution is -2.31. The van der Waals surface area contributed by atoms with Crippen molar-refractivity contribution in [2.45, 2.75) is 26.2 Å². The van der Waals surface area contributed by atoms with Gasteiger partial charge in [-0.05, 0) is 24.6 Å². The first-order valence-electron chi connectivity index (χ1n) is 5.70. The Kier molecular flexibility index (Phi) is 2.92. The van der Waals surface area contributed by atoms with Crippen molar-refractivity contribution in [3.63, 3.8) is 0 Å². The van der Waals surface area contributed by atoms with E-state index in [-0.39, 0.29) is 5.41 Å². The SMILES string of the molecule is Cc1c(Cl)ccc2nc(C(C)(C)CN)n(C)c12. The third-order valence-electron chi connectivity index (χ3n) is 3.34. The van der Waals surface area contributed by atoms with Crippen molar-refractivity contribution in [2.24, 2.45) is 12.8 Å². The third-order valence-corrected chi connectivity index (χ3v) is 3.75. The van der Waals surface area contributed by atoms with Crippen LogP contribution in [0.5, 0.6) is 0 Å². The van der Waals surface area contributed by atoms with Crippen molar-refractivity contribution in [2.75, 3.05) is 6.54 Å². The lowest BCUT2D eigenvalue weighted by molar-refractivity contribution is 0.487. The maximum atomic E-state index is 6.15. The molecule has 0 radical (unpaired) electrons. The molecule has 17 heavy (non-hydrogen) atoms. The average molecular weight is 252 g/mol. The first kappa shape index (κ1) is 12.4. The maximum absolute atomic E-state index is 6.15. The van der Waals surface area contributed by atoms with Crippen LogP contribution in [0.15, 0.2) is 12.1 Å². The van der Waals surface area contributed by atoms with Crippen molar-refractivity contribution in [3.8, 4) is 0 Å². The fourth-order valence-electron chi connectivity index (χ4n) is 2.17. The molecule has 0 unspecified atom stereocenters. The predicted octanol–water partition coefficient (Wildman–Crippen LogP) is 2.77. The van der Waals surface area contributed by atoms with Crippen molar-refractivity contribution in [1.29, 1.82) is 0 Å². The number of imidazole rings is 1. The second kappa shape index (κ2) is 4.00. The molecule has 0 fully saturated rings. The van der Waals surface area contributed by atoms with Crippen molar-refractivity contribution in [1.82, 2.24) is 9.55 Å². The minimum absolute atomic E-state index is 0.132. The summed E-state index contributed by atoms with van der Waals surface area (Å²) in [7, 11) is 2.02. The van der Waals surface area contributed by atoms with Crippen molar-refractivity contribution < 1.29 is 0 Å². The molecule has 0 atom stereocenters. The van der Waals surface area contributed by atoms with Crippen molar-refractivity contribution in [3.05, 3.63) is 28.5 Å². The summed E-state index contributed by atoms with van der Waals surface area (Å²) in [5, 5.41) is 0.776. The van der Waals surface area contributed by atoms with E-state index in [1.165, 1.54) is 0 Å². The second-order valence-electron chi connectivity index (χ2n) is 5.12. The molecule has 0 bridgehead atoms. The average Bonchev–Trinajstić information content (AvgIpc) is 2.63. The van der Waals surface area contributed by atoms with Crippen LogP contribution in [0.3, 0.4) is 0 Å². The molecule has 0 spiro atoms. The highest BCUT2D eigenvalue weighted by atomic mass is 35.5. The summed E-state index contributed by atoms with van der Waals surface area (Å²) in [5.41, 5.74) is 8.82. The van der Waals surface area contributed by atoms with Crippen LogP contribution in [0.25, 0.3) is 11.0 Å². The van der Waals surface area contributed by atoms with E-state index in [1.54, 1.807) is 0 Å². The summed E-state index contributed by atoms with van der Waals surface area (Å²) < 4.78 is 2.10. The Hall–Kier alpha value is -1.06. The molecule has 0 aliphatic rings. The number of benzene rings is 1. The number of hydrogen-bond acceptors (Lipinski definition) is 2. The molecular weight excluding hydrogens is 234 g/mol. The Morgan fingerprint density at radius 2 is 2.06 bits per heavy atom. The van der Waals surface area contributed by atoms with Gasteiger partial charge in [0, 0.05) is 24.0 Å². The lowest BCUT2D eigenvalue weighted by atomic mass is 9.93. The molecule has 1 aromatic carbocycles. The van der Waals surface area contributed by atoms with Crippen LogP contribution in [0.1, 0.15) is 25.2 Å². The fraction of sp³-hybridized carbons (Fsp3) is 0.462. The smallest absolute Gasteiger partial charge is 0.116 e. The zero-order chi connectivity index (χ0) is 12.8. The molecule has 4 heteroatoms. The van der Waals surface area contributed by atoms with Gasteiger partial charge in [-0.15, -0.1) is 0 Å². The highest BCUT2D eigenvalue weighted by Crippen LogP contribution is 2.29. The minimum Gasteiger partial charge on any atom is -0.330 e. The van der Waals surface area contributed by atoms with Crippen LogP contribution in [-0.4, -0.2) is 16.1 Å². The molecule has 0 saturated heterocycles. The van der Waals surface area contributed by atoms with Gasteiger partial charge in [0.05, 0.1) is 11.0 Å². The minimum atomic E-state index is -0.132. The number of nitrogens with zero attached hydrogens (tertiary/aromatic N) is 2. The van der Waals surface area contributed by atoms with Gasteiger partial charge in [-0.3, -0.25) is 0 Å². The van der Waals surface area contributed by atoms with Crippen LogP contribution in [-0.2, 0) is 12.5 Å². The first-order valence-corrected chi connectivity index (χ1v) is 6.08. The molecular formula is C13H18ClN3. The Balaban J connectivity index is 2.78. The Morgan fingerprint density at radius 1 is 1.41 bits per heavy atom. The van der Waals surface area contributed by atoms with E-state index in [1.807, 2.05) is 26.1 Å². The van der Waals surface area contributed by atoms with Crippen LogP contribution < -0.4 is 5.73 Å². The zero-order valence-corrected chi connectivity index (χ0v) is 11.5. The van der Waals surface area contributed by atoms with Gasteiger partial charge in [0.1, 0.15) is 5.82 Å². The number of rotatable bonds is 2. The summed E-state index contributed by atoms with van der Waals surface area (Å²) in [6.45, 7) is 6.79.